The molecule has 0 atom stereocenters. The second kappa shape index (κ2) is 7.63. The van der Waals surface area contributed by atoms with Crippen LogP contribution in [0.25, 0.3) is 11.3 Å². The number of carbonyl (C=O) groups is 1. The monoisotopic (exact) mass is 363 g/mol. The van der Waals surface area contributed by atoms with Gasteiger partial charge in [0.15, 0.2) is 11.5 Å². The molecule has 1 fully saturated rings. The second-order valence-electron chi connectivity index (χ2n) is 6.50. The molecule has 6 nitrogen and oxygen atoms in total. The van der Waals surface area contributed by atoms with Gasteiger partial charge in [-0.2, -0.15) is 0 Å². The zero-order valence-corrected chi connectivity index (χ0v) is 15.1. The molecule has 27 heavy (non-hydrogen) atoms. The number of nitrogens with zero attached hydrogens (tertiary/aromatic N) is 2. The van der Waals surface area contributed by atoms with Crippen LogP contribution in [0.2, 0.25) is 0 Å². The first-order valence-corrected chi connectivity index (χ1v) is 8.97. The molecule has 0 bridgehead atoms. The summed E-state index contributed by atoms with van der Waals surface area (Å²) in [5.41, 5.74) is 4.04. The molecule has 1 N–H and O–H groups in total. The van der Waals surface area contributed by atoms with Gasteiger partial charge in [0.1, 0.15) is 0 Å². The number of benzene rings is 2. The number of aryl methyl sites for hydroxylation is 1. The van der Waals surface area contributed by atoms with Crippen molar-refractivity contribution in [3.05, 3.63) is 65.9 Å². The molecule has 0 unspecified atom stereocenters. The molecule has 0 aliphatic carbocycles. The fraction of sp³-hybridized carbons (Fsp3) is 0.238. The van der Waals surface area contributed by atoms with E-state index in [4.69, 9.17) is 9.26 Å². The molecule has 1 saturated heterocycles. The van der Waals surface area contributed by atoms with E-state index in [0.717, 1.165) is 48.8 Å². The minimum absolute atomic E-state index is 0.255. The summed E-state index contributed by atoms with van der Waals surface area (Å²) < 4.78 is 10.7. The lowest BCUT2D eigenvalue weighted by Gasteiger charge is -2.29. The average Bonchev–Trinajstić information content (AvgIpc) is 3.21. The van der Waals surface area contributed by atoms with Crippen molar-refractivity contribution in [2.75, 3.05) is 36.5 Å². The molecular formula is C21H21N3O3. The summed E-state index contributed by atoms with van der Waals surface area (Å²) in [6.07, 6.45) is 0. The maximum atomic E-state index is 12.5. The van der Waals surface area contributed by atoms with Crippen molar-refractivity contribution in [3.8, 4) is 11.3 Å². The molecule has 1 amide bonds. The third-order valence-corrected chi connectivity index (χ3v) is 4.64. The number of aromatic nitrogens is 1. The van der Waals surface area contributed by atoms with Crippen LogP contribution < -0.4 is 10.2 Å². The van der Waals surface area contributed by atoms with Gasteiger partial charge in [-0.05, 0) is 30.7 Å². The first kappa shape index (κ1) is 17.3. The number of hydrogen-bond acceptors (Lipinski definition) is 5. The van der Waals surface area contributed by atoms with Crippen LogP contribution in [0.5, 0.6) is 0 Å². The van der Waals surface area contributed by atoms with Crippen LogP contribution in [-0.4, -0.2) is 37.4 Å². The fourth-order valence-corrected chi connectivity index (χ4v) is 3.11. The van der Waals surface area contributed by atoms with E-state index in [2.05, 4.69) is 21.4 Å². The van der Waals surface area contributed by atoms with E-state index in [0.29, 0.717) is 5.76 Å². The predicted molar refractivity (Wildman–Crippen MR) is 104 cm³/mol. The van der Waals surface area contributed by atoms with E-state index in [1.54, 1.807) is 6.07 Å². The summed E-state index contributed by atoms with van der Waals surface area (Å²) in [5.74, 6) is 0.281. The molecule has 0 radical (unpaired) electrons. The fourth-order valence-electron chi connectivity index (χ4n) is 3.11. The van der Waals surface area contributed by atoms with Crippen molar-refractivity contribution < 1.29 is 14.1 Å². The Balaban J connectivity index is 1.47. The molecule has 3 aromatic rings. The number of amides is 1. The summed E-state index contributed by atoms with van der Waals surface area (Å²) in [6.45, 7) is 5.23. The molecule has 6 heteroatoms. The van der Waals surface area contributed by atoms with Crippen LogP contribution in [0.3, 0.4) is 0 Å². The third-order valence-electron chi connectivity index (χ3n) is 4.64. The van der Waals surface area contributed by atoms with Gasteiger partial charge in [0, 0.05) is 36.1 Å². The summed E-state index contributed by atoms with van der Waals surface area (Å²) in [7, 11) is 0. The van der Waals surface area contributed by atoms with E-state index >= 15 is 0 Å². The highest BCUT2D eigenvalue weighted by molar-refractivity contribution is 6.03. The Morgan fingerprint density at radius 1 is 1.07 bits per heavy atom. The molecule has 1 aliphatic rings. The van der Waals surface area contributed by atoms with E-state index in [1.165, 1.54) is 0 Å². The zero-order chi connectivity index (χ0) is 18.6. The van der Waals surface area contributed by atoms with Crippen molar-refractivity contribution in [1.29, 1.82) is 0 Å². The van der Waals surface area contributed by atoms with Crippen molar-refractivity contribution in [3.63, 3.8) is 0 Å². The number of hydrogen-bond donors (Lipinski definition) is 1. The minimum Gasteiger partial charge on any atom is -0.378 e. The van der Waals surface area contributed by atoms with Crippen LogP contribution >= 0.6 is 0 Å². The minimum atomic E-state index is -0.289. The van der Waals surface area contributed by atoms with Gasteiger partial charge < -0.3 is 19.5 Å². The Kier molecular flexibility index (Phi) is 4.89. The number of nitrogens with one attached hydrogen (secondary N) is 1. The van der Waals surface area contributed by atoms with Crippen molar-refractivity contribution in [2.45, 2.75) is 6.92 Å². The van der Waals surface area contributed by atoms with E-state index < -0.39 is 0 Å². The maximum Gasteiger partial charge on any atom is 0.277 e. The molecule has 1 aliphatic heterocycles. The highest BCUT2D eigenvalue weighted by Crippen LogP contribution is 2.25. The lowest BCUT2D eigenvalue weighted by Crippen LogP contribution is -2.36. The van der Waals surface area contributed by atoms with Gasteiger partial charge in [0.25, 0.3) is 5.91 Å². The highest BCUT2D eigenvalue weighted by Gasteiger charge is 2.16. The molecule has 2 heterocycles. The molecule has 0 saturated carbocycles. The standard InChI is InChI=1S/C21H21N3O3/c1-15-13-17(24-9-11-26-12-10-24)7-8-18(15)22-21(25)19-14-20(27-23-19)16-5-3-2-4-6-16/h2-8,13-14H,9-12H2,1H3,(H,22,25). The van der Waals surface area contributed by atoms with Gasteiger partial charge in [-0.3, -0.25) is 4.79 Å². The SMILES string of the molecule is Cc1cc(N2CCOCC2)ccc1NC(=O)c1cc(-c2ccccc2)on1. The molecule has 1 aromatic heterocycles. The summed E-state index contributed by atoms with van der Waals surface area (Å²) >= 11 is 0. The van der Waals surface area contributed by atoms with Gasteiger partial charge in [0.2, 0.25) is 0 Å². The second-order valence-corrected chi connectivity index (χ2v) is 6.50. The molecule has 0 spiro atoms. The van der Waals surface area contributed by atoms with Crippen LogP contribution in [0.1, 0.15) is 16.1 Å². The lowest BCUT2D eigenvalue weighted by atomic mass is 10.1. The molecular weight excluding hydrogens is 342 g/mol. The summed E-state index contributed by atoms with van der Waals surface area (Å²) in [5, 5.41) is 6.82. The number of anilines is 2. The average molecular weight is 363 g/mol. The predicted octanol–water partition coefficient (Wildman–Crippen LogP) is 3.74. The van der Waals surface area contributed by atoms with Gasteiger partial charge in [-0.1, -0.05) is 35.5 Å². The largest absolute Gasteiger partial charge is 0.378 e. The number of carbonyl (C=O) groups excluding carboxylic acids is 1. The zero-order valence-electron chi connectivity index (χ0n) is 15.1. The smallest absolute Gasteiger partial charge is 0.277 e. The quantitative estimate of drug-likeness (QED) is 0.765. The Bertz CT molecular complexity index is 931. The van der Waals surface area contributed by atoms with Crippen molar-refractivity contribution >= 4 is 17.3 Å². The lowest BCUT2D eigenvalue weighted by molar-refractivity contribution is 0.101. The Morgan fingerprint density at radius 2 is 1.85 bits per heavy atom. The van der Waals surface area contributed by atoms with Gasteiger partial charge in [-0.25, -0.2) is 0 Å². The Labute approximate surface area is 157 Å². The first-order chi connectivity index (χ1) is 13.2. The Hall–Kier alpha value is -3.12. The van der Waals surface area contributed by atoms with E-state index in [9.17, 15) is 4.79 Å². The van der Waals surface area contributed by atoms with Crippen LogP contribution in [0, 0.1) is 6.92 Å². The van der Waals surface area contributed by atoms with Crippen LogP contribution in [-0.2, 0) is 4.74 Å². The highest BCUT2D eigenvalue weighted by atomic mass is 16.5. The number of morpholine rings is 1. The summed E-state index contributed by atoms with van der Waals surface area (Å²) in [6, 6.07) is 17.3. The maximum absolute atomic E-state index is 12.5. The van der Waals surface area contributed by atoms with Gasteiger partial charge in [-0.15, -0.1) is 0 Å². The third kappa shape index (κ3) is 3.85. The van der Waals surface area contributed by atoms with Gasteiger partial charge in [0.05, 0.1) is 13.2 Å². The van der Waals surface area contributed by atoms with Crippen molar-refractivity contribution in [1.82, 2.24) is 5.16 Å². The number of rotatable bonds is 4. The Morgan fingerprint density at radius 3 is 2.59 bits per heavy atom. The molecule has 4 rings (SSSR count). The number of ether oxygens (including phenoxy) is 1. The molecule has 138 valence electrons. The van der Waals surface area contributed by atoms with Gasteiger partial charge >= 0.3 is 0 Å². The van der Waals surface area contributed by atoms with Crippen LogP contribution in [0.4, 0.5) is 11.4 Å². The topological polar surface area (TPSA) is 67.6 Å². The van der Waals surface area contributed by atoms with Crippen LogP contribution in [0.15, 0.2) is 59.1 Å². The van der Waals surface area contributed by atoms with Crippen molar-refractivity contribution in [2.24, 2.45) is 0 Å². The first-order valence-electron chi connectivity index (χ1n) is 8.97. The normalized spacial score (nSPS) is 14.2. The molecule has 2 aromatic carbocycles. The van der Waals surface area contributed by atoms with E-state index in [1.807, 2.05) is 49.4 Å². The van der Waals surface area contributed by atoms with E-state index in [-0.39, 0.29) is 11.6 Å². The summed E-state index contributed by atoms with van der Waals surface area (Å²) in [4.78, 5) is 14.8.